The van der Waals surface area contributed by atoms with Gasteiger partial charge in [-0.05, 0) is 48.5 Å². The Kier molecular flexibility index (Phi) is 7.27. The minimum Gasteiger partial charge on any atom is -0.496 e. The molecule has 2 N–H and O–H groups in total. The number of amides is 2. The Balaban J connectivity index is 1.44. The number of ether oxygens (including phenoxy) is 3. The summed E-state index contributed by atoms with van der Waals surface area (Å²) in [6.45, 7) is 0.774. The van der Waals surface area contributed by atoms with Crippen LogP contribution in [0.5, 0.6) is 17.2 Å². The topological polar surface area (TPSA) is 85.9 Å². The number of hydrazine groups is 1. The number of para-hydroxylation sites is 2. The van der Waals surface area contributed by atoms with Gasteiger partial charge in [0.15, 0.2) is 0 Å². The molecule has 0 saturated carbocycles. The lowest BCUT2D eigenvalue weighted by Gasteiger charge is -2.11. The second-order valence-electron chi connectivity index (χ2n) is 6.14. The average Bonchev–Trinajstić information content (AvgIpc) is 2.81. The second-order valence-corrected chi connectivity index (χ2v) is 6.14. The van der Waals surface area contributed by atoms with E-state index in [2.05, 4.69) is 10.9 Å². The molecule has 0 fully saturated rings. The lowest BCUT2D eigenvalue weighted by atomic mass is 10.2. The Morgan fingerprint density at radius 3 is 1.93 bits per heavy atom. The number of rotatable bonds is 8. The summed E-state index contributed by atoms with van der Waals surface area (Å²) in [6, 6.07) is 22.8. The second kappa shape index (κ2) is 10.5. The van der Waals surface area contributed by atoms with Crippen LogP contribution >= 0.6 is 0 Å². The first kappa shape index (κ1) is 20.7. The first-order valence-electron chi connectivity index (χ1n) is 9.32. The van der Waals surface area contributed by atoms with Gasteiger partial charge in [-0.25, -0.2) is 0 Å². The van der Waals surface area contributed by atoms with Gasteiger partial charge in [-0.2, -0.15) is 0 Å². The van der Waals surface area contributed by atoms with Crippen LogP contribution in [0, 0.1) is 0 Å². The summed E-state index contributed by atoms with van der Waals surface area (Å²) >= 11 is 0. The van der Waals surface area contributed by atoms with Crippen molar-refractivity contribution in [3.8, 4) is 17.2 Å². The summed E-state index contributed by atoms with van der Waals surface area (Å²) < 4.78 is 16.3. The van der Waals surface area contributed by atoms with Crippen LogP contribution in [0.4, 0.5) is 0 Å². The van der Waals surface area contributed by atoms with Crippen molar-refractivity contribution < 1.29 is 23.8 Å². The molecule has 7 nitrogen and oxygen atoms in total. The number of benzene rings is 3. The Bertz CT molecular complexity index is 974. The van der Waals surface area contributed by atoms with Gasteiger partial charge in [0.2, 0.25) is 0 Å². The minimum absolute atomic E-state index is 0.321. The van der Waals surface area contributed by atoms with E-state index in [0.717, 1.165) is 5.75 Å². The number of hydrogen-bond acceptors (Lipinski definition) is 5. The Hall–Kier alpha value is -4.00. The monoisotopic (exact) mass is 406 g/mol. The van der Waals surface area contributed by atoms with Crippen molar-refractivity contribution in [2.24, 2.45) is 0 Å². The van der Waals surface area contributed by atoms with Crippen molar-refractivity contribution in [2.75, 3.05) is 20.3 Å². The molecule has 30 heavy (non-hydrogen) atoms. The predicted octanol–water partition coefficient (Wildman–Crippen LogP) is 3.23. The number of nitrogens with one attached hydrogen (secondary N) is 2. The molecule has 0 bridgehead atoms. The molecule has 0 aliphatic carbocycles. The van der Waals surface area contributed by atoms with E-state index in [1.165, 1.54) is 7.11 Å². The normalized spacial score (nSPS) is 10.0. The van der Waals surface area contributed by atoms with Crippen molar-refractivity contribution in [3.05, 3.63) is 90.0 Å². The molecule has 0 aromatic heterocycles. The van der Waals surface area contributed by atoms with Crippen molar-refractivity contribution >= 4 is 11.8 Å². The van der Waals surface area contributed by atoms with E-state index in [4.69, 9.17) is 14.2 Å². The van der Waals surface area contributed by atoms with Crippen molar-refractivity contribution in [3.63, 3.8) is 0 Å². The van der Waals surface area contributed by atoms with Crippen molar-refractivity contribution in [1.82, 2.24) is 10.9 Å². The molecule has 0 aliphatic rings. The summed E-state index contributed by atoms with van der Waals surface area (Å²) in [5, 5.41) is 0. The summed E-state index contributed by atoms with van der Waals surface area (Å²) in [6.07, 6.45) is 0. The van der Waals surface area contributed by atoms with Gasteiger partial charge in [-0.15, -0.1) is 0 Å². The van der Waals surface area contributed by atoms with Gasteiger partial charge in [0.05, 0.1) is 12.7 Å². The molecule has 154 valence electrons. The first-order chi connectivity index (χ1) is 14.7. The summed E-state index contributed by atoms with van der Waals surface area (Å²) in [5.74, 6) is 0.892. The van der Waals surface area contributed by atoms with Gasteiger partial charge in [-0.1, -0.05) is 30.3 Å². The van der Waals surface area contributed by atoms with Crippen molar-refractivity contribution in [1.29, 1.82) is 0 Å². The molecule has 3 aromatic carbocycles. The van der Waals surface area contributed by atoms with Crippen LogP contribution in [-0.2, 0) is 0 Å². The van der Waals surface area contributed by atoms with E-state index in [1.807, 2.05) is 30.3 Å². The minimum atomic E-state index is -0.473. The smallest absolute Gasteiger partial charge is 0.273 e. The van der Waals surface area contributed by atoms with Crippen molar-refractivity contribution in [2.45, 2.75) is 0 Å². The van der Waals surface area contributed by atoms with Gasteiger partial charge in [0.25, 0.3) is 11.8 Å². The third-order valence-electron chi connectivity index (χ3n) is 4.12. The number of carbonyl (C=O) groups excluding carboxylic acids is 2. The molecular formula is C23H22N2O5. The van der Waals surface area contributed by atoms with Crippen LogP contribution in [0.2, 0.25) is 0 Å². The maximum atomic E-state index is 12.2. The van der Waals surface area contributed by atoms with Gasteiger partial charge in [-0.3, -0.25) is 20.4 Å². The van der Waals surface area contributed by atoms with Gasteiger partial charge >= 0.3 is 0 Å². The fraction of sp³-hybridized carbons (Fsp3) is 0.130. The van der Waals surface area contributed by atoms with Crippen LogP contribution in [0.15, 0.2) is 78.9 Å². The largest absolute Gasteiger partial charge is 0.496 e. The highest BCUT2D eigenvalue weighted by atomic mass is 16.5. The highest BCUT2D eigenvalue weighted by Crippen LogP contribution is 2.17. The molecule has 0 saturated heterocycles. The molecule has 2 amide bonds. The molecule has 0 radical (unpaired) electrons. The lowest BCUT2D eigenvalue weighted by Crippen LogP contribution is -2.41. The Morgan fingerprint density at radius 2 is 1.27 bits per heavy atom. The third-order valence-corrected chi connectivity index (χ3v) is 4.12. The standard InChI is InChI=1S/C23H22N2O5/c1-28-21-10-6-5-9-20(21)23(27)25-24-22(26)17-11-13-19(14-12-17)30-16-15-29-18-7-3-2-4-8-18/h2-14H,15-16H2,1H3,(H,24,26)(H,25,27). The van der Waals surface area contributed by atoms with Crippen LogP contribution in [0.25, 0.3) is 0 Å². The molecule has 0 spiro atoms. The van der Waals surface area contributed by atoms with Gasteiger partial charge < -0.3 is 14.2 Å². The van der Waals surface area contributed by atoms with Crippen LogP contribution in [0.3, 0.4) is 0 Å². The molecule has 0 aliphatic heterocycles. The highest BCUT2D eigenvalue weighted by molar-refractivity contribution is 6.00. The quantitative estimate of drug-likeness (QED) is 0.443. The third kappa shape index (κ3) is 5.75. The number of carbonyl (C=O) groups is 2. The molecule has 0 heterocycles. The maximum Gasteiger partial charge on any atom is 0.273 e. The Labute approximate surface area is 174 Å². The van der Waals surface area contributed by atoms with E-state index in [1.54, 1.807) is 48.5 Å². The zero-order valence-corrected chi connectivity index (χ0v) is 16.5. The predicted molar refractivity (Wildman–Crippen MR) is 112 cm³/mol. The molecule has 3 rings (SSSR count). The number of methoxy groups -OCH3 is 1. The maximum absolute atomic E-state index is 12.2. The summed E-state index contributed by atoms with van der Waals surface area (Å²) in [5.41, 5.74) is 5.46. The van der Waals surface area contributed by atoms with E-state index in [0.29, 0.717) is 35.8 Å². The zero-order valence-electron chi connectivity index (χ0n) is 16.5. The fourth-order valence-corrected chi connectivity index (χ4v) is 2.62. The molecule has 7 heteroatoms. The van der Waals surface area contributed by atoms with Gasteiger partial charge in [0, 0.05) is 5.56 Å². The molecule has 3 aromatic rings. The van der Waals surface area contributed by atoms with Crippen LogP contribution < -0.4 is 25.1 Å². The fourth-order valence-electron chi connectivity index (χ4n) is 2.62. The van der Waals surface area contributed by atoms with E-state index < -0.39 is 11.8 Å². The average molecular weight is 406 g/mol. The lowest BCUT2D eigenvalue weighted by molar-refractivity contribution is 0.0845. The summed E-state index contributed by atoms with van der Waals surface area (Å²) in [4.78, 5) is 24.5. The van der Waals surface area contributed by atoms with E-state index in [9.17, 15) is 9.59 Å². The van der Waals surface area contributed by atoms with E-state index in [-0.39, 0.29) is 0 Å². The highest BCUT2D eigenvalue weighted by Gasteiger charge is 2.13. The van der Waals surface area contributed by atoms with Crippen LogP contribution in [-0.4, -0.2) is 32.1 Å². The molecule has 0 unspecified atom stereocenters. The van der Waals surface area contributed by atoms with Crippen LogP contribution in [0.1, 0.15) is 20.7 Å². The number of hydrogen-bond donors (Lipinski definition) is 2. The van der Waals surface area contributed by atoms with Gasteiger partial charge in [0.1, 0.15) is 30.5 Å². The first-order valence-corrected chi connectivity index (χ1v) is 9.32. The summed E-state index contributed by atoms with van der Waals surface area (Å²) in [7, 11) is 1.47. The Morgan fingerprint density at radius 1 is 0.700 bits per heavy atom. The zero-order chi connectivity index (χ0) is 21.2. The SMILES string of the molecule is COc1ccccc1C(=O)NNC(=O)c1ccc(OCCOc2ccccc2)cc1. The molecular weight excluding hydrogens is 384 g/mol. The molecule has 0 atom stereocenters. The van der Waals surface area contributed by atoms with E-state index >= 15 is 0 Å².